The van der Waals surface area contributed by atoms with Crippen LogP contribution in [0.3, 0.4) is 0 Å². The first-order valence-corrected chi connectivity index (χ1v) is 19.3. The van der Waals surface area contributed by atoms with Crippen LogP contribution in [-0.2, 0) is 5.41 Å². The Morgan fingerprint density at radius 1 is 0.411 bits per heavy atom. The van der Waals surface area contributed by atoms with Gasteiger partial charge in [0, 0.05) is 33.2 Å². The molecule has 3 aliphatic rings. The molecule has 0 amide bonds. The van der Waals surface area contributed by atoms with Crippen molar-refractivity contribution in [2.45, 2.75) is 5.41 Å². The van der Waals surface area contributed by atoms with E-state index in [4.69, 9.17) is 0 Å². The Morgan fingerprint density at radius 3 is 1.79 bits per heavy atom. The van der Waals surface area contributed by atoms with Crippen LogP contribution in [0.1, 0.15) is 22.3 Å². The van der Waals surface area contributed by atoms with Crippen LogP contribution in [-0.4, -0.2) is 4.57 Å². The summed E-state index contributed by atoms with van der Waals surface area (Å²) in [5.41, 5.74) is 19.5. The van der Waals surface area contributed by atoms with Gasteiger partial charge in [0.1, 0.15) is 5.82 Å². The minimum Gasteiger partial charge on any atom is -0.310 e. The Kier molecular flexibility index (Phi) is 5.76. The van der Waals surface area contributed by atoms with Crippen LogP contribution in [0.2, 0.25) is 0 Å². The number of nitrogens with zero attached hydrogens (tertiary/aromatic N) is 2. The number of fused-ring (bicyclic) bond motifs is 9. The predicted molar refractivity (Wildman–Crippen MR) is 228 cm³/mol. The van der Waals surface area contributed by atoms with Crippen molar-refractivity contribution in [1.29, 1.82) is 0 Å². The third-order valence-electron chi connectivity index (χ3n) is 12.8. The topological polar surface area (TPSA) is 8.17 Å². The van der Waals surface area contributed by atoms with Gasteiger partial charge in [-0.3, -0.25) is 0 Å². The van der Waals surface area contributed by atoms with Crippen molar-refractivity contribution in [1.82, 2.24) is 4.57 Å². The largest absolute Gasteiger partial charge is 0.310 e. The molecule has 0 saturated heterocycles. The molecule has 1 atom stereocenters. The van der Waals surface area contributed by atoms with E-state index in [1.54, 1.807) is 12.1 Å². The summed E-state index contributed by atoms with van der Waals surface area (Å²) < 4.78 is 16.5. The van der Waals surface area contributed by atoms with Crippen molar-refractivity contribution in [2.75, 3.05) is 4.90 Å². The van der Waals surface area contributed by atoms with Crippen LogP contribution in [0.5, 0.6) is 0 Å². The molecule has 3 aliphatic carbocycles. The smallest absolute Gasteiger partial charge is 0.123 e. The van der Waals surface area contributed by atoms with Crippen LogP contribution < -0.4 is 4.90 Å². The number of anilines is 3. The van der Waals surface area contributed by atoms with Crippen LogP contribution in [0, 0.1) is 5.82 Å². The Balaban J connectivity index is 1.11. The van der Waals surface area contributed by atoms with E-state index in [0.717, 1.165) is 44.6 Å². The molecule has 0 radical (unpaired) electrons. The third-order valence-corrected chi connectivity index (χ3v) is 12.8. The second-order valence-corrected chi connectivity index (χ2v) is 15.3. The summed E-state index contributed by atoms with van der Waals surface area (Å²) in [4.78, 5) is 2.44. The quantitative estimate of drug-likeness (QED) is 0.176. The van der Waals surface area contributed by atoms with Gasteiger partial charge in [-0.25, -0.2) is 4.39 Å². The standard InChI is InChI=1S/C53H31FN2/c54-33-22-24-34(25-23-33)56-49-20-6-4-14-40(49)41-29-27-36(31-50(41)56)55(48-21-7-11-32-10-1-2-12-37(32)48)35-26-28-39-43-16-9-18-45-44-17-8-15-42-38-13-3-5-19-46(38)53(51(42)44,52(43)45)47(39)30-35/h1-31H. The van der Waals surface area contributed by atoms with Crippen molar-refractivity contribution < 1.29 is 4.39 Å². The summed E-state index contributed by atoms with van der Waals surface area (Å²) >= 11 is 0. The minimum atomic E-state index is -0.386. The maximum absolute atomic E-state index is 14.3. The zero-order valence-electron chi connectivity index (χ0n) is 30.2. The van der Waals surface area contributed by atoms with Gasteiger partial charge in [-0.15, -0.1) is 0 Å². The van der Waals surface area contributed by atoms with E-state index in [2.05, 4.69) is 173 Å². The summed E-state index contributed by atoms with van der Waals surface area (Å²) in [5.74, 6) is -0.246. The average Bonchev–Trinajstić information content (AvgIpc) is 3.94. The van der Waals surface area contributed by atoms with Gasteiger partial charge in [-0.1, -0.05) is 127 Å². The van der Waals surface area contributed by atoms with Gasteiger partial charge in [0.25, 0.3) is 0 Å². The van der Waals surface area contributed by atoms with Gasteiger partial charge in [-0.05, 0) is 122 Å². The summed E-state index contributed by atoms with van der Waals surface area (Å²) in [6.45, 7) is 0. The van der Waals surface area contributed by atoms with Gasteiger partial charge < -0.3 is 9.47 Å². The molecule has 1 heterocycles. The van der Waals surface area contributed by atoms with E-state index in [-0.39, 0.29) is 11.2 Å². The number of halogens is 1. The van der Waals surface area contributed by atoms with Crippen molar-refractivity contribution in [3.63, 3.8) is 0 Å². The third kappa shape index (κ3) is 3.65. The Labute approximate surface area is 323 Å². The fourth-order valence-electron chi connectivity index (χ4n) is 10.7. The summed E-state index contributed by atoms with van der Waals surface area (Å²) in [5, 5.41) is 4.68. The minimum absolute atomic E-state index is 0.246. The fourth-order valence-corrected chi connectivity index (χ4v) is 10.7. The lowest BCUT2D eigenvalue weighted by Crippen LogP contribution is -2.23. The predicted octanol–water partition coefficient (Wildman–Crippen LogP) is 13.9. The SMILES string of the molecule is Fc1ccc(-n2c3ccccc3c3ccc(N(c4ccc5c(c4)C46c7ccccc7-c7cccc(c74)-c4cccc-5c46)c4cccc5ccccc45)cc32)cc1. The van der Waals surface area contributed by atoms with Crippen LogP contribution in [0.4, 0.5) is 21.5 Å². The molecule has 2 nitrogen and oxygen atoms in total. The first kappa shape index (κ1) is 30.1. The molecule has 0 fully saturated rings. The molecule has 1 unspecified atom stereocenters. The molecule has 260 valence electrons. The van der Waals surface area contributed by atoms with E-state index in [0.29, 0.717) is 0 Å². The monoisotopic (exact) mass is 714 g/mol. The molecule has 1 aromatic heterocycles. The van der Waals surface area contributed by atoms with Gasteiger partial charge in [0.15, 0.2) is 0 Å². The van der Waals surface area contributed by atoms with E-state index in [9.17, 15) is 4.39 Å². The van der Waals surface area contributed by atoms with Crippen LogP contribution in [0.25, 0.3) is 71.6 Å². The molecule has 1 spiro atoms. The van der Waals surface area contributed by atoms with Crippen molar-refractivity contribution in [3.05, 3.63) is 216 Å². The molecule has 9 aromatic carbocycles. The summed E-state index contributed by atoms with van der Waals surface area (Å²) in [6, 6.07) is 67.4. The number of rotatable bonds is 4. The molecule has 0 bridgehead atoms. The lowest BCUT2D eigenvalue weighted by molar-refractivity contribution is 0.627. The van der Waals surface area contributed by atoms with E-state index < -0.39 is 0 Å². The fraction of sp³-hybridized carbons (Fsp3) is 0.0189. The Morgan fingerprint density at radius 2 is 0.982 bits per heavy atom. The molecule has 0 saturated carbocycles. The van der Waals surface area contributed by atoms with E-state index in [1.807, 2.05) is 12.1 Å². The van der Waals surface area contributed by atoms with Crippen molar-refractivity contribution in [2.24, 2.45) is 0 Å². The van der Waals surface area contributed by atoms with Crippen LogP contribution in [0.15, 0.2) is 188 Å². The Bertz CT molecular complexity index is 3290. The molecular formula is C53H31FN2. The van der Waals surface area contributed by atoms with Gasteiger partial charge in [0.05, 0.1) is 22.1 Å². The van der Waals surface area contributed by atoms with Gasteiger partial charge in [-0.2, -0.15) is 0 Å². The zero-order valence-corrected chi connectivity index (χ0v) is 30.2. The zero-order chi connectivity index (χ0) is 36.7. The highest BCUT2D eigenvalue weighted by Gasteiger charge is 2.57. The molecule has 0 N–H and O–H groups in total. The normalized spacial score (nSPS) is 15.3. The molecule has 3 heteroatoms. The first-order valence-electron chi connectivity index (χ1n) is 19.3. The molecule has 0 aliphatic heterocycles. The second-order valence-electron chi connectivity index (χ2n) is 15.3. The summed E-state index contributed by atoms with van der Waals surface area (Å²) in [6.07, 6.45) is 0. The highest BCUT2D eigenvalue weighted by atomic mass is 19.1. The van der Waals surface area contributed by atoms with E-state index >= 15 is 0 Å². The number of aromatic nitrogens is 1. The lowest BCUT2D eigenvalue weighted by atomic mass is 9.73. The number of benzene rings is 9. The Hall–Kier alpha value is -7.23. The first-order chi connectivity index (χ1) is 27.7. The summed E-state index contributed by atoms with van der Waals surface area (Å²) in [7, 11) is 0. The van der Waals surface area contributed by atoms with Gasteiger partial charge in [0.2, 0.25) is 0 Å². The molecule has 13 rings (SSSR count). The van der Waals surface area contributed by atoms with Crippen molar-refractivity contribution in [3.8, 4) is 39.1 Å². The molecule has 56 heavy (non-hydrogen) atoms. The maximum Gasteiger partial charge on any atom is 0.123 e. The number of hydrogen-bond donors (Lipinski definition) is 0. The lowest BCUT2D eigenvalue weighted by Gasteiger charge is -2.31. The van der Waals surface area contributed by atoms with Gasteiger partial charge >= 0.3 is 0 Å². The second kappa shape index (κ2) is 10.7. The average molecular weight is 715 g/mol. The number of hydrogen-bond acceptors (Lipinski definition) is 1. The van der Waals surface area contributed by atoms with E-state index in [1.165, 1.54) is 66.4 Å². The maximum atomic E-state index is 14.3. The van der Waals surface area contributed by atoms with Crippen LogP contribution >= 0.6 is 0 Å². The highest BCUT2D eigenvalue weighted by molar-refractivity contribution is 6.11. The van der Waals surface area contributed by atoms with Crippen molar-refractivity contribution >= 4 is 49.6 Å². The molecular weight excluding hydrogens is 684 g/mol. The highest BCUT2D eigenvalue weighted by Crippen LogP contribution is 2.70. The number of para-hydroxylation sites is 1. The molecule has 10 aromatic rings.